The maximum absolute atomic E-state index is 4.01. The molecule has 5 heteroatoms. The molecule has 0 amide bonds. The predicted octanol–water partition coefficient (Wildman–Crippen LogP) is 3.99. The van der Waals surface area contributed by atoms with Crippen LogP contribution in [0, 0.1) is 20.7 Å². The minimum atomic E-state index is 0. The zero-order chi connectivity index (χ0) is 11.1. The van der Waals surface area contributed by atoms with Crippen molar-refractivity contribution < 1.29 is 98.1 Å². The van der Waals surface area contributed by atoms with Crippen LogP contribution >= 0.6 is 0 Å². The van der Waals surface area contributed by atoms with E-state index in [1.807, 2.05) is 31.2 Å². The topological polar surface area (TPSA) is 25.8 Å². The van der Waals surface area contributed by atoms with Crippen molar-refractivity contribution in [2.45, 2.75) is 33.6 Å². The summed E-state index contributed by atoms with van der Waals surface area (Å²) >= 11 is 0. The van der Waals surface area contributed by atoms with Gasteiger partial charge in [-0.1, -0.05) is 69.0 Å². The van der Waals surface area contributed by atoms with Crippen LogP contribution in [0.4, 0.5) is 0 Å². The third-order valence-corrected chi connectivity index (χ3v) is 2.18. The number of benzene rings is 1. The van der Waals surface area contributed by atoms with Gasteiger partial charge in [-0.15, -0.1) is 0 Å². The monoisotopic (exact) mass is 483 g/mol. The number of nitrogens with zero attached hydrogens (tertiary/aromatic N) is 2. The Morgan fingerprint density at radius 1 is 0.947 bits per heavy atom. The molecule has 0 saturated carbocycles. The second-order valence-corrected chi connectivity index (χ2v) is 3.43. The van der Waals surface area contributed by atoms with Gasteiger partial charge in [0.2, 0.25) is 0 Å². The molecule has 0 unspecified atom stereocenters. The molecule has 0 saturated heterocycles. The summed E-state index contributed by atoms with van der Waals surface area (Å²) in [5.41, 5.74) is 1.94. The molecule has 0 fully saturated rings. The number of aromatic nitrogens is 2. The smallest absolute Gasteiger partial charge is 0.0222 e. The van der Waals surface area contributed by atoms with Crippen molar-refractivity contribution in [2.24, 2.45) is 0 Å². The summed E-state index contributed by atoms with van der Waals surface area (Å²) in [5, 5.41) is 1.10. The zero-order valence-electron chi connectivity index (χ0n) is 12.4. The molecule has 0 N–H and O–H groups in total. The quantitative estimate of drug-likeness (QED) is 0.574. The van der Waals surface area contributed by atoms with Gasteiger partial charge in [0, 0.05) is 104 Å². The standard InChI is InChI=1S/C9H7N2.C4H10.CH3.3Y/c1-7-8-4-2-3-5-9(8)11-6-10-7;1-3-4-2;;;;/h2-5H,1H3;3-4H2,1-2H3;1H3;;;/q-1;;-1;;;. The maximum Gasteiger partial charge on any atom is 0.0222 e. The van der Waals surface area contributed by atoms with Crippen molar-refractivity contribution >= 4 is 10.9 Å². The van der Waals surface area contributed by atoms with Crippen molar-refractivity contribution in [2.75, 3.05) is 0 Å². The molecule has 0 bridgehead atoms. The molecule has 97 valence electrons. The van der Waals surface area contributed by atoms with E-state index in [0.29, 0.717) is 0 Å². The summed E-state index contributed by atoms with van der Waals surface area (Å²) < 4.78 is 0. The van der Waals surface area contributed by atoms with Gasteiger partial charge >= 0.3 is 0 Å². The number of para-hydroxylation sites is 1. The summed E-state index contributed by atoms with van der Waals surface area (Å²) in [5.74, 6) is 0. The van der Waals surface area contributed by atoms with E-state index >= 15 is 0 Å². The maximum atomic E-state index is 4.01. The summed E-state index contributed by atoms with van der Waals surface area (Å²) in [6, 6.07) is 7.92. The molecule has 1 aromatic heterocycles. The SMILES string of the molecule is CCCC.Cc1n[c-]nc2ccccc12.[CH3-].[Y].[Y].[Y]. The van der Waals surface area contributed by atoms with Gasteiger partial charge in [0.15, 0.2) is 0 Å². The van der Waals surface area contributed by atoms with Gasteiger partial charge < -0.3 is 17.4 Å². The van der Waals surface area contributed by atoms with Crippen LogP contribution in [0.2, 0.25) is 0 Å². The van der Waals surface area contributed by atoms with E-state index in [1.54, 1.807) is 0 Å². The Kier molecular flexibility index (Phi) is 27.3. The first-order valence-electron chi connectivity index (χ1n) is 5.39. The number of hydrogen-bond acceptors (Lipinski definition) is 2. The van der Waals surface area contributed by atoms with E-state index in [1.165, 1.54) is 12.8 Å². The molecule has 1 heterocycles. The van der Waals surface area contributed by atoms with Crippen molar-refractivity contribution in [3.05, 3.63) is 43.7 Å². The van der Waals surface area contributed by atoms with Crippen LogP contribution in [-0.4, -0.2) is 9.97 Å². The molecule has 19 heavy (non-hydrogen) atoms. The molecule has 0 aliphatic carbocycles. The first-order chi connectivity index (χ1) is 7.29. The Morgan fingerprint density at radius 2 is 1.47 bits per heavy atom. The van der Waals surface area contributed by atoms with Crippen molar-refractivity contribution in [3.63, 3.8) is 0 Å². The minimum absolute atomic E-state index is 0. The predicted molar refractivity (Wildman–Crippen MR) is 70.1 cm³/mol. The molecule has 1 aromatic carbocycles. The molecule has 0 aliphatic heterocycles. The van der Waals surface area contributed by atoms with Gasteiger partial charge in [-0.2, -0.15) is 0 Å². The Morgan fingerprint density at radius 3 is 1.95 bits per heavy atom. The fourth-order valence-corrected chi connectivity index (χ4v) is 1.09. The van der Waals surface area contributed by atoms with E-state index in [0.717, 1.165) is 16.6 Å². The van der Waals surface area contributed by atoms with Crippen LogP contribution in [0.3, 0.4) is 0 Å². The van der Waals surface area contributed by atoms with Crippen LogP contribution in [0.25, 0.3) is 10.9 Å². The molecule has 0 aliphatic rings. The van der Waals surface area contributed by atoms with Crippen molar-refractivity contribution in [1.29, 1.82) is 0 Å². The number of aryl methyl sites for hydroxylation is 1. The molecule has 3 radical (unpaired) electrons. The molecular formula is C14H20N2Y3-2. The summed E-state index contributed by atoms with van der Waals surface area (Å²) in [7, 11) is 0. The molecule has 2 aromatic rings. The Bertz CT molecular complexity index is 415. The Balaban J connectivity index is -0.000000127. The Hall–Kier alpha value is 1.87. The van der Waals surface area contributed by atoms with E-state index in [9.17, 15) is 0 Å². The number of fused-ring (bicyclic) bond motifs is 1. The normalized spacial score (nSPS) is 7.53. The largest absolute Gasteiger partial charge is 0.370 e. The number of unbranched alkanes of at least 4 members (excludes halogenated alkanes) is 1. The second-order valence-electron chi connectivity index (χ2n) is 3.43. The second kappa shape index (κ2) is 17.9. The molecule has 2 rings (SSSR count). The molecule has 0 atom stereocenters. The first-order valence-corrected chi connectivity index (χ1v) is 5.39. The van der Waals surface area contributed by atoms with Crippen LogP contribution in [0.1, 0.15) is 32.4 Å². The number of rotatable bonds is 1. The average molecular weight is 483 g/mol. The van der Waals surface area contributed by atoms with Gasteiger partial charge in [-0.3, -0.25) is 0 Å². The average Bonchev–Trinajstić information content (AvgIpc) is 2.30. The summed E-state index contributed by atoms with van der Waals surface area (Å²) in [4.78, 5) is 7.98. The summed E-state index contributed by atoms with van der Waals surface area (Å²) in [6.45, 7) is 6.32. The first kappa shape index (κ1) is 29.0. The van der Waals surface area contributed by atoms with Gasteiger partial charge in [-0.25, -0.2) is 0 Å². The minimum Gasteiger partial charge on any atom is -0.370 e. The van der Waals surface area contributed by atoms with E-state index in [-0.39, 0.29) is 106 Å². The van der Waals surface area contributed by atoms with Crippen molar-refractivity contribution in [1.82, 2.24) is 9.97 Å². The van der Waals surface area contributed by atoms with E-state index in [4.69, 9.17) is 0 Å². The third-order valence-electron chi connectivity index (χ3n) is 2.18. The van der Waals surface area contributed by atoms with Gasteiger partial charge in [0.25, 0.3) is 0 Å². The van der Waals surface area contributed by atoms with E-state index < -0.39 is 0 Å². The fourth-order valence-electron chi connectivity index (χ4n) is 1.09. The molecule has 2 nitrogen and oxygen atoms in total. The van der Waals surface area contributed by atoms with Gasteiger partial charge in [0.05, 0.1) is 0 Å². The molecule has 0 spiro atoms. The van der Waals surface area contributed by atoms with Gasteiger partial charge in [-0.05, 0) is 5.52 Å². The summed E-state index contributed by atoms with van der Waals surface area (Å²) in [6.07, 6.45) is 5.24. The van der Waals surface area contributed by atoms with Crippen molar-refractivity contribution in [3.8, 4) is 0 Å². The molecular weight excluding hydrogens is 463 g/mol. The van der Waals surface area contributed by atoms with E-state index in [2.05, 4.69) is 30.1 Å². The number of hydrogen-bond donors (Lipinski definition) is 0. The fraction of sp³-hybridized carbons (Fsp3) is 0.357. The van der Waals surface area contributed by atoms with Crippen LogP contribution in [0.5, 0.6) is 0 Å². The Labute approximate surface area is 193 Å². The van der Waals surface area contributed by atoms with Crippen LogP contribution in [-0.2, 0) is 98.1 Å². The third kappa shape index (κ3) is 11.1. The van der Waals surface area contributed by atoms with Gasteiger partial charge in [0.1, 0.15) is 0 Å². The van der Waals surface area contributed by atoms with Crippen LogP contribution in [0.15, 0.2) is 24.3 Å². The zero-order valence-corrected chi connectivity index (χ0v) is 20.9. The van der Waals surface area contributed by atoms with Crippen LogP contribution < -0.4 is 0 Å².